The van der Waals surface area contributed by atoms with Gasteiger partial charge in [0.25, 0.3) is 11.6 Å². The fourth-order valence-corrected chi connectivity index (χ4v) is 4.53. The van der Waals surface area contributed by atoms with E-state index in [-0.39, 0.29) is 21.8 Å². The number of sulfonamides is 1. The van der Waals surface area contributed by atoms with Gasteiger partial charge in [0.15, 0.2) is 6.61 Å². The van der Waals surface area contributed by atoms with E-state index in [0.717, 1.165) is 25.0 Å². The molecule has 0 spiro atoms. The summed E-state index contributed by atoms with van der Waals surface area (Å²) in [6.07, 6.45) is 1.49. The molecule has 1 aliphatic heterocycles. The van der Waals surface area contributed by atoms with E-state index in [1.807, 2.05) is 0 Å². The highest BCUT2D eigenvalue weighted by Crippen LogP contribution is 2.26. The highest BCUT2D eigenvalue weighted by Gasteiger charge is 2.28. The summed E-state index contributed by atoms with van der Waals surface area (Å²) in [5.74, 6) is -2.28. The third-order valence-corrected chi connectivity index (χ3v) is 6.48. The number of nitrogens with one attached hydrogen (secondary N) is 1. The number of aromatic hydroxyl groups is 1. The molecule has 1 fully saturated rings. The summed E-state index contributed by atoms with van der Waals surface area (Å²) in [6.45, 7) is 0.0516. The molecule has 2 aromatic rings. The lowest BCUT2D eigenvalue weighted by molar-refractivity contribution is -0.384. The number of rotatable bonds is 7. The molecule has 0 radical (unpaired) electrons. The molecule has 2 aromatic carbocycles. The van der Waals surface area contributed by atoms with Crippen molar-refractivity contribution in [3.05, 3.63) is 58.1 Å². The van der Waals surface area contributed by atoms with Gasteiger partial charge in [-0.25, -0.2) is 13.2 Å². The zero-order valence-corrected chi connectivity index (χ0v) is 17.0. The molecule has 0 unspecified atom stereocenters. The Hall–Kier alpha value is -3.51. The average Bonchev–Trinajstić information content (AvgIpc) is 3.28. The van der Waals surface area contributed by atoms with Gasteiger partial charge in [-0.1, -0.05) is 0 Å². The number of benzene rings is 2. The molecule has 164 valence electrons. The van der Waals surface area contributed by atoms with Gasteiger partial charge in [-0.3, -0.25) is 14.9 Å². The Morgan fingerprint density at radius 1 is 1.13 bits per heavy atom. The number of anilines is 1. The number of phenolic OH excluding ortho intramolecular Hbond substituents is 1. The largest absolute Gasteiger partial charge is 0.507 e. The van der Waals surface area contributed by atoms with E-state index in [9.17, 15) is 33.2 Å². The summed E-state index contributed by atoms with van der Waals surface area (Å²) in [5, 5.41) is 23.0. The van der Waals surface area contributed by atoms with Gasteiger partial charge >= 0.3 is 5.97 Å². The van der Waals surface area contributed by atoms with E-state index in [4.69, 9.17) is 4.74 Å². The molecule has 0 aromatic heterocycles. The zero-order valence-electron chi connectivity index (χ0n) is 16.2. The van der Waals surface area contributed by atoms with Crippen LogP contribution in [0.4, 0.5) is 11.4 Å². The number of hydrogen-bond acceptors (Lipinski definition) is 8. The minimum atomic E-state index is -3.81. The van der Waals surface area contributed by atoms with Crippen LogP contribution in [0.25, 0.3) is 0 Å². The van der Waals surface area contributed by atoms with E-state index in [2.05, 4.69) is 5.32 Å². The number of hydrogen-bond donors (Lipinski definition) is 2. The molecule has 1 aliphatic rings. The molecular weight excluding hydrogens is 430 g/mol. The summed E-state index contributed by atoms with van der Waals surface area (Å²) >= 11 is 0. The molecule has 1 amide bonds. The average molecular weight is 449 g/mol. The quantitative estimate of drug-likeness (QED) is 0.369. The molecule has 11 nitrogen and oxygen atoms in total. The van der Waals surface area contributed by atoms with Crippen LogP contribution in [0.1, 0.15) is 23.2 Å². The van der Waals surface area contributed by atoms with Gasteiger partial charge < -0.3 is 15.2 Å². The molecule has 1 saturated heterocycles. The third kappa shape index (κ3) is 5.16. The van der Waals surface area contributed by atoms with Gasteiger partial charge in [-0.2, -0.15) is 4.31 Å². The van der Waals surface area contributed by atoms with Gasteiger partial charge in [-0.05, 0) is 43.2 Å². The first-order valence-corrected chi connectivity index (χ1v) is 10.7. The number of phenols is 1. The van der Waals surface area contributed by atoms with Crippen molar-refractivity contribution in [2.75, 3.05) is 25.0 Å². The van der Waals surface area contributed by atoms with Crippen molar-refractivity contribution in [1.82, 2.24) is 4.31 Å². The van der Waals surface area contributed by atoms with E-state index >= 15 is 0 Å². The molecule has 1 heterocycles. The molecule has 2 N–H and O–H groups in total. The Bertz CT molecular complexity index is 1110. The van der Waals surface area contributed by atoms with Gasteiger partial charge in [0.05, 0.1) is 9.82 Å². The molecule has 0 atom stereocenters. The van der Waals surface area contributed by atoms with Crippen LogP contribution in [-0.4, -0.2) is 54.3 Å². The maximum atomic E-state index is 12.6. The van der Waals surface area contributed by atoms with Crippen molar-refractivity contribution in [3.8, 4) is 5.75 Å². The van der Waals surface area contributed by atoms with Crippen molar-refractivity contribution in [2.24, 2.45) is 0 Å². The second-order valence-electron chi connectivity index (χ2n) is 6.72. The lowest BCUT2D eigenvalue weighted by atomic mass is 10.2. The predicted molar refractivity (Wildman–Crippen MR) is 108 cm³/mol. The summed E-state index contributed by atoms with van der Waals surface area (Å²) < 4.78 is 31.5. The number of amides is 1. The topological polar surface area (TPSA) is 156 Å². The third-order valence-electron chi connectivity index (χ3n) is 4.59. The van der Waals surface area contributed by atoms with Crippen molar-refractivity contribution >= 4 is 33.3 Å². The standard InChI is InChI=1S/C19H19N3O8S/c23-17-8-7-15(31(28,29)21-9-1-2-10-21)11-16(17)19(25)30-12-18(24)20-13-3-5-14(6-4-13)22(26)27/h3-8,11,23H,1-2,9-10,12H2,(H,20,24). The smallest absolute Gasteiger partial charge is 0.342 e. The number of carbonyl (C=O) groups is 2. The summed E-state index contributed by atoms with van der Waals surface area (Å²) in [7, 11) is -3.81. The lowest BCUT2D eigenvalue weighted by Crippen LogP contribution is -2.28. The maximum absolute atomic E-state index is 12.6. The van der Waals surface area contributed by atoms with Crippen LogP contribution in [0.3, 0.4) is 0 Å². The van der Waals surface area contributed by atoms with Gasteiger partial charge in [0.1, 0.15) is 11.3 Å². The van der Waals surface area contributed by atoms with Crippen LogP contribution >= 0.6 is 0 Å². The molecule has 0 aliphatic carbocycles. The predicted octanol–water partition coefficient (Wildman–Crippen LogP) is 1.88. The minimum Gasteiger partial charge on any atom is -0.507 e. The normalized spacial score (nSPS) is 14.2. The minimum absolute atomic E-state index is 0.149. The number of carbonyl (C=O) groups excluding carboxylic acids is 2. The number of non-ortho nitro benzene ring substituents is 1. The Morgan fingerprint density at radius 2 is 1.77 bits per heavy atom. The van der Waals surface area contributed by atoms with Crippen molar-refractivity contribution in [2.45, 2.75) is 17.7 Å². The second-order valence-corrected chi connectivity index (χ2v) is 8.66. The highest BCUT2D eigenvalue weighted by atomic mass is 32.2. The van der Waals surface area contributed by atoms with E-state index < -0.39 is 39.2 Å². The second kappa shape index (κ2) is 9.10. The summed E-state index contributed by atoms with van der Waals surface area (Å²) in [5.41, 5.74) is -0.278. The van der Waals surface area contributed by atoms with Gasteiger partial charge in [-0.15, -0.1) is 0 Å². The van der Waals surface area contributed by atoms with Crippen LogP contribution in [0.2, 0.25) is 0 Å². The number of nitro benzene ring substituents is 1. The lowest BCUT2D eigenvalue weighted by Gasteiger charge is -2.16. The van der Waals surface area contributed by atoms with Gasteiger partial charge in [0.2, 0.25) is 10.0 Å². The molecule has 0 bridgehead atoms. The molecular formula is C19H19N3O8S. The highest BCUT2D eigenvalue weighted by molar-refractivity contribution is 7.89. The number of nitro groups is 1. The van der Waals surface area contributed by atoms with Crippen LogP contribution in [0, 0.1) is 10.1 Å². The van der Waals surface area contributed by atoms with Crippen LogP contribution in [0.15, 0.2) is 47.4 Å². The van der Waals surface area contributed by atoms with Crippen molar-refractivity contribution in [1.29, 1.82) is 0 Å². The zero-order chi connectivity index (χ0) is 22.6. The maximum Gasteiger partial charge on any atom is 0.342 e. The van der Waals surface area contributed by atoms with Crippen LogP contribution in [-0.2, 0) is 19.6 Å². The summed E-state index contributed by atoms with van der Waals surface area (Å²) in [4.78, 5) is 34.2. The Kier molecular flexibility index (Phi) is 6.51. The van der Waals surface area contributed by atoms with Crippen molar-refractivity contribution in [3.63, 3.8) is 0 Å². The fourth-order valence-electron chi connectivity index (χ4n) is 2.99. The van der Waals surface area contributed by atoms with Crippen LogP contribution < -0.4 is 5.32 Å². The first kappa shape index (κ1) is 22.2. The Morgan fingerprint density at radius 3 is 2.39 bits per heavy atom. The number of ether oxygens (including phenoxy) is 1. The monoisotopic (exact) mass is 449 g/mol. The molecule has 12 heteroatoms. The van der Waals surface area contributed by atoms with E-state index in [0.29, 0.717) is 13.1 Å². The number of nitrogens with zero attached hydrogens (tertiary/aromatic N) is 2. The number of esters is 1. The SMILES string of the molecule is O=C(COC(=O)c1cc(S(=O)(=O)N2CCCC2)ccc1O)Nc1ccc([N+](=O)[O-])cc1. The first-order valence-electron chi connectivity index (χ1n) is 9.23. The molecule has 3 rings (SSSR count). The Labute approximate surface area is 177 Å². The fraction of sp³-hybridized carbons (Fsp3) is 0.263. The van der Waals surface area contributed by atoms with Crippen molar-refractivity contribution < 1.29 is 32.8 Å². The van der Waals surface area contributed by atoms with E-state index in [1.54, 1.807) is 0 Å². The molecule has 0 saturated carbocycles. The first-order chi connectivity index (χ1) is 14.7. The van der Waals surface area contributed by atoms with Gasteiger partial charge in [0, 0.05) is 30.9 Å². The van der Waals surface area contributed by atoms with E-state index in [1.165, 1.54) is 34.6 Å². The summed E-state index contributed by atoms with van der Waals surface area (Å²) in [6, 6.07) is 8.32. The van der Waals surface area contributed by atoms with Crippen LogP contribution in [0.5, 0.6) is 5.75 Å². The molecule has 31 heavy (non-hydrogen) atoms. The Balaban J connectivity index is 1.64.